The Kier molecular flexibility index (Phi) is 3.19. The number of nitrogens with one attached hydrogen (secondary N) is 1. The molecular weight excluding hydrogens is 208 g/mol. The second kappa shape index (κ2) is 4.31. The number of hydrogen-bond donors (Lipinski definition) is 1. The van der Waals surface area contributed by atoms with E-state index in [1.54, 1.807) is 7.11 Å². The first kappa shape index (κ1) is 11.8. The first-order valence-electron chi connectivity index (χ1n) is 5.77. The fourth-order valence-electron chi connectivity index (χ4n) is 2.43. The molecule has 2 fully saturated rings. The molecule has 1 N–H and O–H groups in total. The molecule has 0 spiro atoms. The Labute approximate surface area is 96.1 Å². The Morgan fingerprint density at radius 1 is 1.62 bits per heavy atom. The van der Waals surface area contributed by atoms with Crippen molar-refractivity contribution in [2.45, 2.75) is 38.1 Å². The predicted molar refractivity (Wildman–Crippen MR) is 58.9 cm³/mol. The van der Waals surface area contributed by atoms with Crippen LogP contribution in [0.15, 0.2) is 0 Å². The third kappa shape index (κ3) is 1.95. The van der Waals surface area contributed by atoms with Crippen molar-refractivity contribution >= 4 is 5.91 Å². The van der Waals surface area contributed by atoms with Crippen LogP contribution < -0.4 is 5.32 Å². The summed E-state index contributed by atoms with van der Waals surface area (Å²) in [5.74, 6) is 0.149. The summed E-state index contributed by atoms with van der Waals surface area (Å²) in [6.45, 7) is 5.80. The van der Waals surface area contributed by atoms with Gasteiger partial charge >= 0.3 is 0 Å². The lowest BCUT2D eigenvalue weighted by Crippen LogP contribution is -2.49. The van der Waals surface area contributed by atoms with Gasteiger partial charge in [0.1, 0.15) is 5.60 Å². The summed E-state index contributed by atoms with van der Waals surface area (Å²) < 4.78 is 10.9. The van der Waals surface area contributed by atoms with E-state index in [2.05, 4.69) is 5.32 Å². The summed E-state index contributed by atoms with van der Waals surface area (Å²) in [6, 6.07) is -0.0915. The molecule has 2 rings (SSSR count). The number of rotatable bonds is 3. The highest BCUT2D eigenvalue weighted by Gasteiger charge is 2.42. The minimum Gasteiger partial charge on any atom is -0.378 e. The summed E-state index contributed by atoms with van der Waals surface area (Å²) >= 11 is 0. The zero-order valence-electron chi connectivity index (χ0n) is 10.2. The zero-order valence-corrected chi connectivity index (χ0v) is 10.2. The van der Waals surface area contributed by atoms with Gasteiger partial charge < -0.3 is 14.4 Å². The first-order valence-corrected chi connectivity index (χ1v) is 5.77. The van der Waals surface area contributed by atoms with Gasteiger partial charge in [-0.1, -0.05) is 0 Å². The van der Waals surface area contributed by atoms with Crippen LogP contribution in [0.5, 0.6) is 0 Å². The van der Waals surface area contributed by atoms with E-state index < -0.39 is 0 Å². The van der Waals surface area contributed by atoms with Crippen molar-refractivity contribution in [1.82, 2.24) is 10.2 Å². The van der Waals surface area contributed by atoms with Crippen LogP contribution in [0.3, 0.4) is 0 Å². The molecule has 5 heteroatoms. The number of amides is 1. The quantitative estimate of drug-likeness (QED) is 0.736. The second-order valence-corrected chi connectivity index (χ2v) is 4.72. The van der Waals surface area contributed by atoms with Gasteiger partial charge in [-0.3, -0.25) is 10.1 Å². The van der Waals surface area contributed by atoms with Crippen molar-refractivity contribution in [1.29, 1.82) is 0 Å². The molecule has 0 bridgehead atoms. The molecule has 0 aromatic heterocycles. The van der Waals surface area contributed by atoms with Crippen LogP contribution in [-0.2, 0) is 14.3 Å². The summed E-state index contributed by atoms with van der Waals surface area (Å²) in [7, 11) is 1.69. The lowest BCUT2D eigenvalue weighted by Gasteiger charge is -2.32. The average molecular weight is 228 g/mol. The van der Waals surface area contributed by atoms with Gasteiger partial charge in [-0.15, -0.1) is 0 Å². The molecule has 0 aliphatic carbocycles. The van der Waals surface area contributed by atoms with E-state index in [1.165, 1.54) is 0 Å². The Morgan fingerprint density at radius 2 is 2.38 bits per heavy atom. The maximum absolute atomic E-state index is 11.9. The van der Waals surface area contributed by atoms with Crippen molar-refractivity contribution in [2.75, 3.05) is 26.9 Å². The van der Waals surface area contributed by atoms with E-state index in [4.69, 9.17) is 9.47 Å². The zero-order chi connectivity index (χ0) is 11.8. The molecule has 2 saturated heterocycles. The topological polar surface area (TPSA) is 50.8 Å². The SMILES string of the molecule is COC1(CN2C(=O)C(C)NC2C)CCOC1. The van der Waals surface area contributed by atoms with Crippen molar-refractivity contribution in [3.63, 3.8) is 0 Å². The van der Waals surface area contributed by atoms with Crippen LogP contribution in [0.2, 0.25) is 0 Å². The van der Waals surface area contributed by atoms with Gasteiger partial charge in [0.15, 0.2) is 0 Å². The van der Waals surface area contributed by atoms with Crippen molar-refractivity contribution < 1.29 is 14.3 Å². The van der Waals surface area contributed by atoms with Gasteiger partial charge in [0.05, 0.1) is 25.4 Å². The average Bonchev–Trinajstić information content (AvgIpc) is 2.81. The fourth-order valence-corrected chi connectivity index (χ4v) is 2.43. The molecule has 5 nitrogen and oxygen atoms in total. The summed E-state index contributed by atoms with van der Waals surface area (Å²) in [5, 5.41) is 3.21. The monoisotopic (exact) mass is 228 g/mol. The molecule has 0 aromatic rings. The van der Waals surface area contributed by atoms with E-state index in [9.17, 15) is 4.79 Å². The number of ether oxygens (including phenoxy) is 2. The van der Waals surface area contributed by atoms with Crippen LogP contribution in [0.4, 0.5) is 0 Å². The molecule has 2 aliphatic rings. The number of hydrogen-bond acceptors (Lipinski definition) is 4. The van der Waals surface area contributed by atoms with Gasteiger partial charge in [-0.25, -0.2) is 0 Å². The number of carbonyl (C=O) groups is 1. The number of methoxy groups -OCH3 is 1. The molecular formula is C11H20N2O3. The van der Waals surface area contributed by atoms with Gasteiger partial charge in [0.2, 0.25) is 5.91 Å². The van der Waals surface area contributed by atoms with Crippen LogP contribution in [-0.4, -0.2) is 55.5 Å². The van der Waals surface area contributed by atoms with Crippen LogP contribution in [0, 0.1) is 0 Å². The van der Waals surface area contributed by atoms with Crippen molar-refractivity contribution in [3.05, 3.63) is 0 Å². The molecule has 16 heavy (non-hydrogen) atoms. The Balaban J connectivity index is 2.05. The highest BCUT2D eigenvalue weighted by atomic mass is 16.5. The largest absolute Gasteiger partial charge is 0.378 e. The smallest absolute Gasteiger partial charge is 0.240 e. The van der Waals surface area contributed by atoms with Crippen molar-refractivity contribution in [2.24, 2.45) is 0 Å². The minimum atomic E-state index is -0.310. The van der Waals surface area contributed by atoms with E-state index >= 15 is 0 Å². The second-order valence-electron chi connectivity index (χ2n) is 4.72. The maximum Gasteiger partial charge on any atom is 0.240 e. The maximum atomic E-state index is 11.9. The Hall–Kier alpha value is -0.650. The van der Waals surface area contributed by atoms with Crippen LogP contribution in [0.25, 0.3) is 0 Å². The standard InChI is InChI=1S/C11H20N2O3/c1-8-10(14)13(9(2)12-8)6-11(15-3)4-5-16-7-11/h8-9,12H,4-7H2,1-3H3. The number of nitrogens with zero attached hydrogens (tertiary/aromatic N) is 1. The lowest BCUT2D eigenvalue weighted by atomic mass is 10.0. The normalized spacial score (nSPS) is 39.7. The highest BCUT2D eigenvalue weighted by Crippen LogP contribution is 2.26. The molecule has 2 aliphatic heterocycles. The van der Waals surface area contributed by atoms with Gasteiger partial charge in [0.25, 0.3) is 0 Å². The van der Waals surface area contributed by atoms with E-state index in [-0.39, 0.29) is 23.7 Å². The van der Waals surface area contributed by atoms with E-state index in [0.717, 1.165) is 6.42 Å². The predicted octanol–water partition coefficient (Wildman–Crippen LogP) is -0.0418. The Morgan fingerprint density at radius 3 is 2.81 bits per heavy atom. The highest BCUT2D eigenvalue weighted by molar-refractivity contribution is 5.83. The van der Waals surface area contributed by atoms with Gasteiger partial charge in [-0.2, -0.15) is 0 Å². The van der Waals surface area contributed by atoms with Crippen molar-refractivity contribution in [3.8, 4) is 0 Å². The summed E-state index contributed by atoms with van der Waals surface area (Å²) in [5.41, 5.74) is -0.310. The minimum absolute atomic E-state index is 0.0788. The molecule has 2 heterocycles. The first-order chi connectivity index (χ1) is 7.58. The molecule has 3 atom stereocenters. The molecule has 0 aromatic carbocycles. The van der Waals surface area contributed by atoms with Crippen LogP contribution >= 0.6 is 0 Å². The van der Waals surface area contributed by atoms with E-state index in [1.807, 2.05) is 18.7 Å². The van der Waals surface area contributed by atoms with Gasteiger partial charge in [0, 0.05) is 20.1 Å². The molecule has 3 unspecified atom stereocenters. The van der Waals surface area contributed by atoms with Gasteiger partial charge in [-0.05, 0) is 13.8 Å². The third-order valence-electron chi connectivity index (χ3n) is 3.57. The summed E-state index contributed by atoms with van der Waals surface area (Å²) in [4.78, 5) is 13.8. The molecule has 0 saturated carbocycles. The number of carbonyl (C=O) groups excluding carboxylic acids is 1. The third-order valence-corrected chi connectivity index (χ3v) is 3.57. The fraction of sp³-hybridized carbons (Fsp3) is 0.909. The van der Waals surface area contributed by atoms with Crippen LogP contribution in [0.1, 0.15) is 20.3 Å². The molecule has 0 radical (unpaired) electrons. The van der Waals surface area contributed by atoms with E-state index in [0.29, 0.717) is 19.8 Å². The summed E-state index contributed by atoms with van der Waals surface area (Å²) in [6.07, 6.45) is 0.934. The lowest BCUT2D eigenvalue weighted by molar-refractivity contribution is -0.134. The molecule has 1 amide bonds. The molecule has 92 valence electrons. The Bertz CT molecular complexity index is 276.